The van der Waals surface area contributed by atoms with E-state index in [0.29, 0.717) is 13.0 Å². The monoisotopic (exact) mass is 395 g/mol. The third-order valence-electron chi connectivity index (χ3n) is 4.58. The fourth-order valence-electron chi connectivity index (χ4n) is 2.91. The quantitative estimate of drug-likeness (QED) is 0.518. The lowest BCUT2D eigenvalue weighted by Crippen LogP contribution is -2.43. The molecular weight excluding hydrogens is 370 g/mol. The molecule has 1 aromatic heterocycles. The highest BCUT2D eigenvalue weighted by molar-refractivity contribution is 5.92. The lowest BCUT2D eigenvalue weighted by molar-refractivity contribution is 0.0827. The molecule has 0 aliphatic carbocycles. The van der Waals surface area contributed by atoms with Crippen LogP contribution in [0, 0.1) is 0 Å². The first-order valence-corrected chi connectivity index (χ1v) is 9.42. The second kappa shape index (κ2) is 9.75. The average Bonchev–Trinajstić information content (AvgIpc) is 3.28. The molecule has 7 heteroatoms. The van der Waals surface area contributed by atoms with Gasteiger partial charge in [0.05, 0.1) is 32.2 Å². The summed E-state index contributed by atoms with van der Waals surface area (Å²) in [5, 5.41) is 12.8. The number of aromatic nitrogens is 2. The molecule has 3 rings (SSSR count). The maximum absolute atomic E-state index is 12.1. The summed E-state index contributed by atoms with van der Waals surface area (Å²) in [5.74, 6) is 1.20. The summed E-state index contributed by atoms with van der Waals surface area (Å²) in [6.45, 7) is 1.99. The summed E-state index contributed by atoms with van der Waals surface area (Å²) in [7, 11) is 1.64. The van der Waals surface area contributed by atoms with E-state index in [1.807, 2.05) is 48.5 Å². The maximum Gasteiger partial charge on any atom is 0.271 e. The van der Waals surface area contributed by atoms with Crippen molar-refractivity contribution in [2.45, 2.75) is 25.5 Å². The number of H-pyrrole nitrogens is 1. The Labute approximate surface area is 169 Å². The van der Waals surface area contributed by atoms with Crippen LogP contribution < -0.4 is 14.8 Å². The smallest absolute Gasteiger partial charge is 0.271 e. The molecule has 0 saturated carbocycles. The topological polar surface area (TPSA) is 96.5 Å². The molecule has 0 saturated heterocycles. The molecule has 29 heavy (non-hydrogen) atoms. The molecule has 3 aromatic rings. The number of benzene rings is 2. The van der Waals surface area contributed by atoms with E-state index in [4.69, 9.17) is 9.47 Å². The molecule has 0 radical (unpaired) electrons. The number of nitrogens with one attached hydrogen (secondary N) is 2. The number of hydrogen-bond donors (Lipinski definition) is 3. The first-order valence-electron chi connectivity index (χ1n) is 9.42. The number of amides is 1. The van der Waals surface area contributed by atoms with Gasteiger partial charge >= 0.3 is 0 Å². The van der Waals surface area contributed by atoms with Crippen molar-refractivity contribution in [3.63, 3.8) is 0 Å². The minimum absolute atomic E-state index is 0.281. The van der Waals surface area contributed by atoms with Gasteiger partial charge in [0.15, 0.2) is 0 Å². The van der Waals surface area contributed by atoms with Crippen molar-refractivity contribution in [2.75, 3.05) is 13.7 Å². The number of nitrogens with zero attached hydrogens (tertiary/aromatic N) is 1. The summed E-state index contributed by atoms with van der Waals surface area (Å²) in [6, 6.07) is 15.2. The fourth-order valence-corrected chi connectivity index (χ4v) is 2.91. The molecule has 152 valence electrons. The van der Waals surface area contributed by atoms with Gasteiger partial charge in [-0.15, -0.1) is 0 Å². The van der Waals surface area contributed by atoms with Crippen molar-refractivity contribution in [3.05, 3.63) is 66.7 Å². The Morgan fingerprint density at radius 2 is 1.97 bits per heavy atom. The molecule has 0 fully saturated rings. The number of aliphatic hydroxyl groups is 1. The largest absolute Gasteiger partial charge is 0.497 e. The second-order valence-corrected chi connectivity index (χ2v) is 6.67. The van der Waals surface area contributed by atoms with E-state index in [0.717, 1.165) is 22.6 Å². The number of carbonyl (C=O) groups is 1. The zero-order chi connectivity index (χ0) is 20.6. The van der Waals surface area contributed by atoms with Crippen LogP contribution in [0.2, 0.25) is 0 Å². The molecule has 1 heterocycles. The van der Waals surface area contributed by atoms with Gasteiger partial charge in [0.2, 0.25) is 0 Å². The van der Waals surface area contributed by atoms with E-state index in [2.05, 4.69) is 15.3 Å². The molecule has 0 unspecified atom stereocenters. The highest BCUT2D eigenvalue weighted by atomic mass is 16.5. The zero-order valence-electron chi connectivity index (χ0n) is 16.5. The molecule has 7 nitrogen and oxygen atoms in total. The van der Waals surface area contributed by atoms with E-state index in [-0.39, 0.29) is 11.6 Å². The zero-order valence-corrected chi connectivity index (χ0v) is 16.5. The highest BCUT2D eigenvalue weighted by Crippen LogP contribution is 2.25. The van der Waals surface area contributed by atoms with Crippen LogP contribution in [0.1, 0.15) is 23.8 Å². The second-order valence-electron chi connectivity index (χ2n) is 6.67. The minimum Gasteiger partial charge on any atom is -0.497 e. The number of methoxy groups -OCH3 is 1. The van der Waals surface area contributed by atoms with Crippen LogP contribution in [-0.4, -0.2) is 46.8 Å². The fraction of sp³-hybridized carbons (Fsp3) is 0.273. The van der Waals surface area contributed by atoms with Crippen LogP contribution in [0.5, 0.6) is 11.5 Å². The number of imidazole rings is 1. The summed E-state index contributed by atoms with van der Waals surface area (Å²) in [4.78, 5) is 18.8. The molecule has 0 aliphatic heterocycles. The predicted octanol–water partition coefficient (Wildman–Crippen LogP) is 3.03. The van der Waals surface area contributed by atoms with E-state index in [9.17, 15) is 9.90 Å². The third kappa shape index (κ3) is 5.58. The Balaban J connectivity index is 1.57. The summed E-state index contributed by atoms with van der Waals surface area (Å²) >= 11 is 0. The van der Waals surface area contributed by atoms with Gasteiger partial charge in [-0.2, -0.15) is 0 Å². The number of hydrogen-bond acceptors (Lipinski definition) is 5. The van der Waals surface area contributed by atoms with Crippen molar-refractivity contribution in [1.29, 1.82) is 0 Å². The lowest BCUT2D eigenvalue weighted by Gasteiger charge is -2.21. The molecule has 3 N–H and O–H groups in total. The van der Waals surface area contributed by atoms with Crippen molar-refractivity contribution < 1.29 is 19.4 Å². The van der Waals surface area contributed by atoms with Crippen LogP contribution in [0.15, 0.2) is 61.1 Å². The molecule has 1 amide bonds. The first kappa shape index (κ1) is 20.4. The van der Waals surface area contributed by atoms with Crippen molar-refractivity contribution in [2.24, 2.45) is 0 Å². The van der Waals surface area contributed by atoms with Crippen molar-refractivity contribution in [3.8, 4) is 22.6 Å². The number of carbonyl (C=O) groups excluding carboxylic acids is 1. The van der Waals surface area contributed by atoms with Gasteiger partial charge in [-0.1, -0.05) is 24.3 Å². The molecular formula is C22H25N3O4. The molecule has 0 spiro atoms. The van der Waals surface area contributed by atoms with Gasteiger partial charge in [-0.25, -0.2) is 4.98 Å². The summed E-state index contributed by atoms with van der Waals surface area (Å²) in [6.07, 6.45) is 2.69. The van der Waals surface area contributed by atoms with Crippen molar-refractivity contribution >= 4 is 5.91 Å². The van der Waals surface area contributed by atoms with Crippen LogP contribution in [0.25, 0.3) is 11.1 Å². The van der Waals surface area contributed by atoms with Crippen LogP contribution in [0.4, 0.5) is 0 Å². The molecule has 0 aliphatic rings. The Kier molecular flexibility index (Phi) is 6.86. The summed E-state index contributed by atoms with van der Waals surface area (Å²) < 4.78 is 11.1. The van der Waals surface area contributed by atoms with Gasteiger partial charge in [0.25, 0.3) is 5.91 Å². The Hall–Kier alpha value is -3.32. The van der Waals surface area contributed by atoms with Gasteiger partial charge in [-0.3, -0.25) is 4.79 Å². The molecule has 2 aromatic carbocycles. The number of rotatable bonds is 9. The van der Waals surface area contributed by atoms with Crippen LogP contribution in [0.3, 0.4) is 0 Å². The van der Waals surface area contributed by atoms with Crippen molar-refractivity contribution in [1.82, 2.24) is 15.3 Å². The number of aliphatic hydroxyl groups excluding tert-OH is 1. The van der Waals surface area contributed by atoms with Crippen LogP contribution >= 0.6 is 0 Å². The standard InChI is InChI=1S/C22H25N3O4/c1-15(26)20(25-22(27)21-13-23-14-24-21)10-11-29-19-5-3-4-17(12-19)16-6-8-18(28-2)9-7-16/h3-9,12-15,20,26H,10-11H2,1-2H3,(H,23,24)(H,25,27)/t15-,20+/m0/s1. The van der Waals surface area contributed by atoms with Gasteiger partial charge in [-0.05, 0) is 42.3 Å². The van der Waals surface area contributed by atoms with E-state index in [1.54, 1.807) is 14.0 Å². The van der Waals surface area contributed by atoms with E-state index < -0.39 is 12.1 Å². The molecule has 2 atom stereocenters. The highest BCUT2D eigenvalue weighted by Gasteiger charge is 2.19. The average molecular weight is 395 g/mol. The minimum atomic E-state index is -0.716. The van der Waals surface area contributed by atoms with E-state index >= 15 is 0 Å². The Bertz CT molecular complexity index is 908. The third-order valence-corrected chi connectivity index (χ3v) is 4.58. The lowest BCUT2D eigenvalue weighted by atomic mass is 10.1. The van der Waals surface area contributed by atoms with Gasteiger partial charge < -0.3 is 24.9 Å². The SMILES string of the molecule is COc1ccc(-c2cccc(OCC[C@@H](NC(=O)c3c[nH]cn3)[C@H](C)O)c2)cc1. The first-order chi connectivity index (χ1) is 14.1. The maximum atomic E-state index is 12.1. The Morgan fingerprint density at radius 3 is 2.62 bits per heavy atom. The van der Waals surface area contributed by atoms with E-state index in [1.165, 1.54) is 12.5 Å². The van der Waals surface area contributed by atoms with Gasteiger partial charge in [0.1, 0.15) is 17.2 Å². The predicted molar refractivity (Wildman–Crippen MR) is 110 cm³/mol. The summed E-state index contributed by atoms with van der Waals surface area (Å²) in [5.41, 5.74) is 2.37. The van der Waals surface area contributed by atoms with Crippen LogP contribution in [-0.2, 0) is 0 Å². The normalized spacial score (nSPS) is 12.8. The van der Waals surface area contributed by atoms with Gasteiger partial charge in [0, 0.05) is 12.6 Å². The number of aromatic amines is 1. The molecule has 0 bridgehead atoms. The number of ether oxygens (including phenoxy) is 2. The Morgan fingerprint density at radius 1 is 1.17 bits per heavy atom.